The molecule has 0 bridgehead atoms. The fraction of sp³-hybridized carbons (Fsp3) is 0.893. The van der Waals surface area contributed by atoms with Crippen molar-refractivity contribution in [3.05, 3.63) is 0 Å². The van der Waals surface area contributed by atoms with Gasteiger partial charge in [0.1, 0.15) is 6.04 Å². The zero-order valence-corrected chi connectivity index (χ0v) is 24.1. The zero-order valence-electron chi connectivity index (χ0n) is 23.3. The first kappa shape index (κ1) is 36.8. The summed E-state index contributed by atoms with van der Waals surface area (Å²) in [6, 6.07) is -1.56. The summed E-state index contributed by atoms with van der Waals surface area (Å²) >= 11 is 0. The Morgan fingerprint density at radius 1 is 0.750 bits per heavy atom. The Morgan fingerprint density at radius 2 is 1.17 bits per heavy atom. The van der Waals surface area contributed by atoms with Crippen LogP contribution < -0.4 is 16.4 Å². The lowest BCUT2D eigenvalue weighted by molar-refractivity contribution is -0.142. The van der Waals surface area contributed by atoms with Gasteiger partial charge in [0.05, 0.1) is 6.04 Å². The van der Waals surface area contributed by atoms with Crippen molar-refractivity contribution in [3.8, 4) is 0 Å². The largest absolute Gasteiger partial charge is 0.480 e. The van der Waals surface area contributed by atoms with Crippen LogP contribution in [-0.2, 0) is 14.4 Å². The Kier molecular flexibility index (Phi) is 25.9. The summed E-state index contributed by atoms with van der Waals surface area (Å²) < 4.78 is 0. The van der Waals surface area contributed by atoms with E-state index in [1.54, 1.807) is 0 Å². The number of rotatable bonds is 25. The van der Waals surface area contributed by atoms with Crippen molar-refractivity contribution in [2.24, 2.45) is 11.7 Å². The maximum absolute atomic E-state index is 12.6. The summed E-state index contributed by atoms with van der Waals surface area (Å²) in [6.45, 7) is 6.87. The van der Waals surface area contributed by atoms with Crippen molar-refractivity contribution in [3.63, 3.8) is 0 Å². The summed E-state index contributed by atoms with van der Waals surface area (Å²) in [5, 5.41) is 15.1. The van der Waals surface area contributed by atoms with E-state index >= 15 is 0 Å². The fourth-order valence-corrected chi connectivity index (χ4v) is 4.37. The topological polar surface area (TPSA) is 122 Å². The highest BCUT2D eigenvalue weighted by atomic mass is 35.5. The summed E-state index contributed by atoms with van der Waals surface area (Å²) in [5.41, 5.74) is 5.10. The van der Waals surface area contributed by atoms with Gasteiger partial charge >= 0.3 is 5.97 Å². The molecule has 2 unspecified atom stereocenters. The van der Waals surface area contributed by atoms with Crippen molar-refractivity contribution in [1.29, 1.82) is 0 Å². The van der Waals surface area contributed by atoms with Crippen LogP contribution in [0.5, 0.6) is 0 Å². The number of primary amides is 1. The third-order valence-electron chi connectivity index (χ3n) is 6.64. The first-order valence-corrected chi connectivity index (χ1v) is 14.3. The van der Waals surface area contributed by atoms with E-state index in [1.807, 2.05) is 13.8 Å². The van der Waals surface area contributed by atoms with Crippen LogP contribution in [0.1, 0.15) is 136 Å². The monoisotopic (exact) mass is 533 g/mol. The number of nitrogens with one attached hydrogen (secondary N) is 2. The Hall–Kier alpha value is -1.34. The Labute approximate surface area is 226 Å². The number of aliphatic carboxylic acids is 1. The molecular formula is C28H56ClN3O4. The summed E-state index contributed by atoms with van der Waals surface area (Å²) in [5.74, 6) is -2.04. The molecule has 0 aromatic rings. The SMILES string of the molecule is CCCCCCCCCCCCCCCCCCNC(C(=O)NC(CCC(N)=O)C(=O)O)C(C)C.Cl. The van der Waals surface area contributed by atoms with Gasteiger partial charge in [-0.3, -0.25) is 9.59 Å². The number of hydrogen-bond acceptors (Lipinski definition) is 4. The molecule has 5 N–H and O–H groups in total. The van der Waals surface area contributed by atoms with Crippen LogP contribution in [0.25, 0.3) is 0 Å². The second-order valence-corrected chi connectivity index (χ2v) is 10.4. The van der Waals surface area contributed by atoms with Crippen LogP contribution in [0.3, 0.4) is 0 Å². The van der Waals surface area contributed by atoms with Gasteiger partial charge in [-0.15, -0.1) is 12.4 Å². The molecule has 36 heavy (non-hydrogen) atoms. The normalized spacial score (nSPS) is 12.7. The number of carboxylic acids is 1. The maximum Gasteiger partial charge on any atom is 0.326 e. The number of carbonyl (C=O) groups excluding carboxylic acids is 2. The van der Waals surface area contributed by atoms with Crippen LogP contribution in [-0.4, -0.2) is 41.5 Å². The van der Waals surface area contributed by atoms with Crippen LogP contribution in [0, 0.1) is 5.92 Å². The van der Waals surface area contributed by atoms with Gasteiger partial charge < -0.3 is 21.5 Å². The van der Waals surface area contributed by atoms with Gasteiger partial charge in [-0.2, -0.15) is 0 Å². The number of unbranched alkanes of at least 4 members (excludes halogenated alkanes) is 15. The molecule has 0 heterocycles. The molecule has 0 saturated carbocycles. The van der Waals surface area contributed by atoms with Crippen LogP contribution in [0.2, 0.25) is 0 Å². The van der Waals surface area contributed by atoms with Gasteiger partial charge in [0.2, 0.25) is 11.8 Å². The molecule has 0 aliphatic heterocycles. The predicted molar refractivity (Wildman–Crippen MR) is 151 cm³/mol. The van der Waals surface area contributed by atoms with Crippen molar-refractivity contribution in [2.45, 2.75) is 148 Å². The van der Waals surface area contributed by atoms with Gasteiger partial charge in [0.25, 0.3) is 0 Å². The average Bonchev–Trinajstić information content (AvgIpc) is 2.80. The lowest BCUT2D eigenvalue weighted by Crippen LogP contribution is -2.52. The number of carboxylic acid groups (broad SMARTS) is 1. The second kappa shape index (κ2) is 25.3. The van der Waals surface area contributed by atoms with Gasteiger partial charge in [-0.05, 0) is 25.3 Å². The van der Waals surface area contributed by atoms with Crippen LogP contribution in [0.4, 0.5) is 0 Å². The number of nitrogens with two attached hydrogens (primary N) is 1. The van der Waals surface area contributed by atoms with E-state index < -0.39 is 24.0 Å². The van der Waals surface area contributed by atoms with Gasteiger partial charge in [0.15, 0.2) is 0 Å². The van der Waals surface area contributed by atoms with Crippen molar-refractivity contribution >= 4 is 30.2 Å². The quantitative estimate of drug-likeness (QED) is 0.105. The predicted octanol–water partition coefficient (Wildman–Crippen LogP) is 6.12. The lowest BCUT2D eigenvalue weighted by atomic mass is 10.0. The lowest BCUT2D eigenvalue weighted by Gasteiger charge is -2.24. The van der Waals surface area contributed by atoms with E-state index in [0.717, 1.165) is 19.4 Å². The molecule has 0 spiro atoms. The average molecular weight is 534 g/mol. The molecule has 0 saturated heterocycles. The van der Waals surface area contributed by atoms with Crippen molar-refractivity contribution < 1.29 is 19.5 Å². The van der Waals surface area contributed by atoms with E-state index in [1.165, 1.54) is 89.9 Å². The number of hydrogen-bond donors (Lipinski definition) is 4. The van der Waals surface area contributed by atoms with E-state index in [2.05, 4.69) is 17.6 Å². The van der Waals surface area contributed by atoms with E-state index in [-0.39, 0.29) is 37.1 Å². The van der Waals surface area contributed by atoms with E-state index in [0.29, 0.717) is 0 Å². The molecule has 7 nitrogen and oxygen atoms in total. The highest BCUT2D eigenvalue weighted by Crippen LogP contribution is 2.14. The molecular weight excluding hydrogens is 478 g/mol. The standard InChI is InChI=1S/C28H55N3O4.ClH/c1-4-5-6-7-8-9-10-11-12-13-14-15-16-17-18-19-22-30-26(23(2)3)27(33)31-24(28(34)35)20-21-25(29)32;/h23-24,26,30H,4-22H2,1-3H3,(H2,29,32)(H,31,33)(H,34,35);1H. The van der Waals surface area contributed by atoms with Crippen LogP contribution in [0.15, 0.2) is 0 Å². The molecule has 214 valence electrons. The zero-order chi connectivity index (χ0) is 26.3. The number of amides is 2. The summed E-state index contributed by atoms with van der Waals surface area (Å²) in [4.78, 5) is 34.9. The van der Waals surface area contributed by atoms with Crippen LogP contribution >= 0.6 is 12.4 Å². The molecule has 0 aliphatic carbocycles. The molecule has 0 rings (SSSR count). The smallest absolute Gasteiger partial charge is 0.326 e. The van der Waals surface area contributed by atoms with Gasteiger partial charge in [-0.1, -0.05) is 117 Å². The molecule has 0 aromatic carbocycles. The van der Waals surface area contributed by atoms with E-state index in [4.69, 9.17) is 5.73 Å². The Balaban J connectivity index is 0. The highest BCUT2D eigenvalue weighted by Gasteiger charge is 2.27. The van der Waals surface area contributed by atoms with Crippen molar-refractivity contribution in [1.82, 2.24) is 10.6 Å². The highest BCUT2D eigenvalue weighted by molar-refractivity contribution is 5.87. The molecule has 0 fully saturated rings. The van der Waals surface area contributed by atoms with E-state index in [9.17, 15) is 19.5 Å². The minimum Gasteiger partial charge on any atom is -0.480 e. The third-order valence-corrected chi connectivity index (χ3v) is 6.64. The first-order valence-electron chi connectivity index (χ1n) is 14.3. The minimum atomic E-state index is -1.15. The molecule has 2 amide bonds. The first-order chi connectivity index (χ1) is 16.8. The Morgan fingerprint density at radius 3 is 1.53 bits per heavy atom. The Bertz CT molecular complexity index is 561. The van der Waals surface area contributed by atoms with Gasteiger partial charge in [0, 0.05) is 6.42 Å². The molecule has 0 aromatic heterocycles. The summed E-state index contributed by atoms with van der Waals surface area (Å²) in [7, 11) is 0. The van der Waals surface area contributed by atoms with Crippen molar-refractivity contribution in [2.75, 3.05) is 6.54 Å². The maximum atomic E-state index is 12.6. The summed E-state index contributed by atoms with van der Waals surface area (Å²) in [6.07, 6.45) is 21.1. The van der Waals surface area contributed by atoms with Gasteiger partial charge in [-0.25, -0.2) is 4.79 Å². The number of carbonyl (C=O) groups is 3. The molecule has 2 atom stereocenters. The minimum absolute atomic E-state index is 0. The number of halogens is 1. The molecule has 8 heteroatoms. The second-order valence-electron chi connectivity index (χ2n) is 10.4. The molecule has 0 aliphatic rings. The molecule has 0 radical (unpaired) electrons. The third kappa shape index (κ3) is 21.9. The fourth-order valence-electron chi connectivity index (χ4n) is 4.37.